The SMILES string of the molecule is CN=C(NCCc1ccccc1)NCc1nc(C(C)C)cs1. The predicted octanol–water partition coefficient (Wildman–Crippen LogP) is 3.17. The Morgan fingerprint density at radius 1 is 1.23 bits per heavy atom. The molecule has 0 spiro atoms. The third-order valence-electron chi connectivity index (χ3n) is 3.34. The summed E-state index contributed by atoms with van der Waals surface area (Å²) < 4.78 is 0. The van der Waals surface area contributed by atoms with Crippen molar-refractivity contribution in [1.82, 2.24) is 15.6 Å². The quantitative estimate of drug-likeness (QED) is 0.636. The van der Waals surface area contributed by atoms with Crippen LogP contribution in [0.3, 0.4) is 0 Å². The predicted molar refractivity (Wildman–Crippen MR) is 94.6 cm³/mol. The number of hydrogen-bond acceptors (Lipinski definition) is 3. The number of aromatic nitrogens is 1. The lowest BCUT2D eigenvalue weighted by atomic mass is 10.1. The summed E-state index contributed by atoms with van der Waals surface area (Å²) in [5.74, 6) is 1.30. The van der Waals surface area contributed by atoms with Crippen LogP contribution in [0.4, 0.5) is 0 Å². The molecular weight excluding hydrogens is 292 g/mol. The lowest BCUT2D eigenvalue weighted by molar-refractivity contribution is 0.778. The Hall–Kier alpha value is -1.88. The molecule has 0 fully saturated rings. The fourth-order valence-corrected chi connectivity index (χ4v) is 2.92. The first-order valence-corrected chi connectivity index (χ1v) is 8.49. The molecular formula is C17H24N4S. The highest BCUT2D eigenvalue weighted by atomic mass is 32.1. The monoisotopic (exact) mass is 316 g/mol. The largest absolute Gasteiger partial charge is 0.356 e. The van der Waals surface area contributed by atoms with Gasteiger partial charge in [-0.1, -0.05) is 44.2 Å². The van der Waals surface area contributed by atoms with Gasteiger partial charge in [-0.25, -0.2) is 4.98 Å². The molecule has 0 amide bonds. The Morgan fingerprint density at radius 2 is 2.00 bits per heavy atom. The minimum Gasteiger partial charge on any atom is -0.356 e. The zero-order valence-corrected chi connectivity index (χ0v) is 14.3. The lowest BCUT2D eigenvalue weighted by Crippen LogP contribution is -2.37. The molecule has 0 saturated heterocycles. The fourth-order valence-electron chi connectivity index (χ4n) is 2.02. The lowest BCUT2D eigenvalue weighted by Gasteiger charge is -2.10. The second-order valence-corrected chi connectivity index (χ2v) is 6.35. The first kappa shape index (κ1) is 16.5. The highest BCUT2D eigenvalue weighted by Gasteiger charge is 2.06. The minimum atomic E-state index is 0.480. The molecule has 0 radical (unpaired) electrons. The number of nitrogens with one attached hydrogen (secondary N) is 2. The third-order valence-corrected chi connectivity index (χ3v) is 4.21. The Kier molecular flexibility index (Phi) is 6.40. The van der Waals surface area contributed by atoms with Crippen molar-refractivity contribution < 1.29 is 0 Å². The topological polar surface area (TPSA) is 49.3 Å². The zero-order valence-electron chi connectivity index (χ0n) is 13.5. The highest BCUT2D eigenvalue weighted by molar-refractivity contribution is 7.09. The molecule has 0 aliphatic heterocycles. The summed E-state index contributed by atoms with van der Waals surface area (Å²) in [6.45, 7) is 5.90. The molecule has 5 heteroatoms. The summed E-state index contributed by atoms with van der Waals surface area (Å²) in [5.41, 5.74) is 2.49. The van der Waals surface area contributed by atoms with Crippen LogP contribution in [0.2, 0.25) is 0 Å². The van der Waals surface area contributed by atoms with Crippen LogP contribution in [0.25, 0.3) is 0 Å². The number of hydrogen-bond donors (Lipinski definition) is 2. The molecule has 0 saturated carbocycles. The number of rotatable bonds is 6. The van der Waals surface area contributed by atoms with Gasteiger partial charge in [0.05, 0.1) is 12.2 Å². The van der Waals surface area contributed by atoms with Crippen molar-refractivity contribution in [2.24, 2.45) is 4.99 Å². The Balaban J connectivity index is 1.75. The van der Waals surface area contributed by atoms with Gasteiger partial charge in [0, 0.05) is 19.0 Å². The normalized spacial score (nSPS) is 11.7. The van der Waals surface area contributed by atoms with E-state index in [0.717, 1.165) is 29.6 Å². The van der Waals surface area contributed by atoms with E-state index >= 15 is 0 Å². The zero-order chi connectivity index (χ0) is 15.8. The number of benzene rings is 1. The van der Waals surface area contributed by atoms with E-state index in [1.54, 1.807) is 18.4 Å². The average molecular weight is 316 g/mol. The maximum absolute atomic E-state index is 4.62. The molecule has 4 nitrogen and oxygen atoms in total. The average Bonchev–Trinajstić information content (AvgIpc) is 3.01. The first-order chi connectivity index (χ1) is 10.7. The van der Waals surface area contributed by atoms with Gasteiger partial charge in [0.2, 0.25) is 0 Å². The summed E-state index contributed by atoms with van der Waals surface area (Å²) in [5, 5.41) is 9.87. The van der Waals surface area contributed by atoms with Gasteiger partial charge in [-0.05, 0) is 17.9 Å². The summed E-state index contributed by atoms with van der Waals surface area (Å²) in [4.78, 5) is 8.86. The molecule has 22 heavy (non-hydrogen) atoms. The maximum atomic E-state index is 4.62. The van der Waals surface area contributed by atoms with Crippen LogP contribution in [0.1, 0.15) is 36.0 Å². The van der Waals surface area contributed by atoms with Crippen molar-refractivity contribution in [2.75, 3.05) is 13.6 Å². The van der Waals surface area contributed by atoms with E-state index in [4.69, 9.17) is 0 Å². The molecule has 0 atom stereocenters. The van der Waals surface area contributed by atoms with Gasteiger partial charge >= 0.3 is 0 Å². The van der Waals surface area contributed by atoms with Gasteiger partial charge in [0.25, 0.3) is 0 Å². The van der Waals surface area contributed by atoms with E-state index in [2.05, 4.69) is 64.1 Å². The van der Waals surface area contributed by atoms with Gasteiger partial charge < -0.3 is 10.6 Å². The fraction of sp³-hybridized carbons (Fsp3) is 0.412. The van der Waals surface area contributed by atoms with Crippen LogP contribution in [0.5, 0.6) is 0 Å². The first-order valence-electron chi connectivity index (χ1n) is 7.61. The smallest absolute Gasteiger partial charge is 0.191 e. The van der Waals surface area contributed by atoms with Gasteiger partial charge in [-0.3, -0.25) is 4.99 Å². The molecule has 0 bridgehead atoms. The van der Waals surface area contributed by atoms with Crippen LogP contribution >= 0.6 is 11.3 Å². The van der Waals surface area contributed by atoms with Gasteiger partial charge in [0.15, 0.2) is 5.96 Å². The van der Waals surface area contributed by atoms with Crippen molar-refractivity contribution in [3.05, 3.63) is 52.0 Å². The van der Waals surface area contributed by atoms with Gasteiger partial charge in [-0.2, -0.15) is 0 Å². The van der Waals surface area contributed by atoms with Gasteiger partial charge in [-0.15, -0.1) is 11.3 Å². The van der Waals surface area contributed by atoms with Crippen molar-refractivity contribution in [3.63, 3.8) is 0 Å². The van der Waals surface area contributed by atoms with Crippen molar-refractivity contribution in [2.45, 2.75) is 32.7 Å². The molecule has 1 aromatic carbocycles. The Labute approximate surface area is 136 Å². The highest BCUT2D eigenvalue weighted by Crippen LogP contribution is 2.17. The molecule has 118 valence electrons. The molecule has 1 heterocycles. The van der Waals surface area contributed by atoms with Crippen molar-refractivity contribution >= 4 is 17.3 Å². The van der Waals surface area contributed by atoms with Crippen molar-refractivity contribution in [3.8, 4) is 0 Å². The number of thiazole rings is 1. The van der Waals surface area contributed by atoms with E-state index in [1.807, 2.05) is 6.07 Å². The van der Waals surface area contributed by atoms with E-state index in [1.165, 1.54) is 5.56 Å². The minimum absolute atomic E-state index is 0.480. The second kappa shape index (κ2) is 8.54. The molecule has 2 N–H and O–H groups in total. The van der Waals surface area contributed by atoms with Gasteiger partial charge in [0.1, 0.15) is 5.01 Å². The molecule has 0 aliphatic rings. The number of aliphatic imine (C=N–C) groups is 1. The molecule has 2 aromatic rings. The van der Waals surface area contributed by atoms with Crippen LogP contribution in [0.15, 0.2) is 40.7 Å². The standard InChI is InChI=1S/C17H24N4S/c1-13(2)15-12-22-16(21-15)11-20-17(18-3)19-10-9-14-7-5-4-6-8-14/h4-8,12-13H,9-11H2,1-3H3,(H2,18,19,20). The molecule has 2 rings (SSSR count). The summed E-state index contributed by atoms with van der Waals surface area (Å²) in [6, 6.07) is 10.5. The molecule has 0 unspecified atom stereocenters. The maximum Gasteiger partial charge on any atom is 0.191 e. The van der Waals surface area contributed by atoms with Crippen molar-refractivity contribution in [1.29, 1.82) is 0 Å². The summed E-state index contributed by atoms with van der Waals surface area (Å²) >= 11 is 1.69. The molecule has 1 aromatic heterocycles. The summed E-state index contributed by atoms with van der Waals surface area (Å²) in [6.07, 6.45) is 0.982. The third kappa shape index (κ3) is 5.15. The summed E-state index contributed by atoms with van der Waals surface area (Å²) in [7, 11) is 1.79. The number of nitrogens with zero attached hydrogens (tertiary/aromatic N) is 2. The van der Waals surface area contributed by atoms with Crippen LogP contribution in [0, 0.1) is 0 Å². The van der Waals surface area contributed by atoms with E-state index in [9.17, 15) is 0 Å². The second-order valence-electron chi connectivity index (χ2n) is 5.41. The number of guanidine groups is 1. The Morgan fingerprint density at radius 3 is 2.64 bits per heavy atom. The van der Waals surface area contributed by atoms with Crippen LogP contribution in [-0.4, -0.2) is 24.5 Å². The van der Waals surface area contributed by atoms with E-state index < -0.39 is 0 Å². The molecule has 0 aliphatic carbocycles. The Bertz CT molecular complexity index is 590. The van der Waals surface area contributed by atoms with Crippen LogP contribution in [-0.2, 0) is 13.0 Å². The van der Waals surface area contributed by atoms with Crippen LogP contribution < -0.4 is 10.6 Å². The van der Waals surface area contributed by atoms with E-state index in [0.29, 0.717) is 12.5 Å². The van der Waals surface area contributed by atoms with E-state index in [-0.39, 0.29) is 0 Å².